The van der Waals surface area contributed by atoms with E-state index >= 15 is 0 Å². The average Bonchev–Trinajstić information content (AvgIpc) is 2.27. The predicted molar refractivity (Wildman–Crippen MR) is 68.1 cm³/mol. The molecule has 0 aliphatic carbocycles. The van der Waals surface area contributed by atoms with E-state index in [1.165, 1.54) is 0 Å². The number of hydrogen-bond donors (Lipinski definition) is 1. The van der Waals surface area contributed by atoms with Gasteiger partial charge in [0, 0.05) is 32.9 Å². The third-order valence-corrected chi connectivity index (χ3v) is 1.60. The minimum Gasteiger partial charge on any atom is -0.341 e. The lowest BCUT2D eigenvalue weighted by Gasteiger charge is -2.11. The molecule has 4 heteroatoms. The second-order valence-corrected chi connectivity index (χ2v) is 2.72. The van der Waals surface area contributed by atoms with Crippen LogP contribution in [-0.2, 0) is 0 Å². The van der Waals surface area contributed by atoms with Crippen LogP contribution in [0.2, 0.25) is 0 Å². The molecule has 0 aromatic rings. The molecule has 0 radical (unpaired) electrons. The van der Waals surface area contributed by atoms with E-state index in [9.17, 15) is 0 Å². The number of hydrazone groups is 1. The van der Waals surface area contributed by atoms with Crippen LogP contribution in [0.5, 0.6) is 0 Å². The SMILES string of the molecule is C=CN(C)/N=C\C.C=CN(C)C(=N)CC. The Morgan fingerprint density at radius 3 is 2.00 bits per heavy atom. The van der Waals surface area contributed by atoms with Gasteiger partial charge in [-0.1, -0.05) is 20.1 Å². The highest BCUT2D eigenvalue weighted by Gasteiger charge is 1.92. The molecule has 0 aromatic carbocycles. The zero-order valence-electron chi connectivity index (χ0n) is 10.2. The van der Waals surface area contributed by atoms with E-state index in [0.29, 0.717) is 5.84 Å². The van der Waals surface area contributed by atoms with Gasteiger partial charge in [0.2, 0.25) is 0 Å². The molecular formula is C11H22N4. The summed E-state index contributed by atoms with van der Waals surface area (Å²) in [6.07, 6.45) is 5.75. The van der Waals surface area contributed by atoms with Gasteiger partial charge in [-0.15, -0.1) is 0 Å². The molecule has 0 bridgehead atoms. The molecule has 0 aromatic heterocycles. The molecule has 0 fully saturated rings. The number of nitrogens with one attached hydrogen (secondary N) is 1. The largest absolute Gasteiger partial charge is 0.341 e. The number of hydrogen-bond acceptors (Lipinski definition) is 3. The van der Waals surface area contributed by atoms with Gasteiger partial charge in [0.25, 0.3) is 0 Å². The molecule has 0 aliphatic rings. The highest BCUT2D eigenvalue weighted by molar-refractivity contribution is 5.79. The Kier molecular flexibility index (Phi) is 11.1. The van der Waals surface area contributed by atoms with Crippen molar-refractivity contribution in [2.45, 2.75) is 20.3 Å². The standard InChI is InChI=1S/C6H12N2.C5H10N2/c1-4-6(7)8(3)5-2;1-4-6-7(3)5-2/h5,7H,2,4H2,1,3H3;4-5H,2H2,1,3H3/b;6-4-. The van der Waals surface area contributed by atoms with E-state index in [0.717, 1.165) is 6.42 Å². The van der Waals surface area contributed by atoms with Crippen molar-refractivity contribution in [2.75, 3.05) is 14.1 Å². The molecule has 0 saturated heterocycles. The van der Waals surface area contributed by atoms with Gasteiger partial charge in [0.15, 0.2) is 0 Å². The lowest BCUT2D eigenvalue weighted by atomic mass is 10.4. The Bertz CT molecular complexity index is 221. The Morgan fingerprint density at radius 2 is 1.87 bits per heavy atom. The fourth-order valence-electron chi connectivity index (χ4n) is 0.589. The minimum absolute atomic E-state index is 0.597. The van der Waals surface area contributed by atoms with Crippen LogP contribution in [0.3, 0.4) is 0 Å². The monoisotopic (exact) mass is 210 g/mol. The third kappa shape index (κ3) is 10.3. The van der Waals surface area contributed by atoms with Gasteiger partial charge in [0.05, 0.1) is 5.84 Å². The molecule has 4 nitrogen and oxygen atoms in total. The topological polar surface area (TPSA) is 42.7 Å². The first-order valence-corrected chi connectivity index (χ1v) is 4.80. The van der Waals surface area contributed by atoms with Crippen molar-refractivity contribution in [1.82, 2.24) is 9.91 Å². The molecule has 0 aliphatic heterocycles. The summed E-state index contributed by atoms with van der Waals surface area (Å²) in [5.41, 5.74) is 0. The quantitative estimate of drug-likeness (QED) is 0.440. The summed E-state index contributed by atoms with van der Waals surface area (Å²) < 4.78 is 0. The molecule has 0 saturated carbocycles. The van der Waals surface area contributed by atoms with E-state index in [1.807, 2.05) is 27.9 Å². The Morgan fingerprint density at radius 1 is 1.33 bits per heavy atom. The van der Waals surface area contributed by atoms with Crippen LogP contribution in [0.4, 0.5) is 0 Å². The fraction of sp³-hybridized carbons (Fsp3) is 0.455. The molecule has 15 heavy (non-hydrogen) atoms. The second-order valence-electron chi connectivity index (χ2n) is 2.72. The van der Waals surface area contributed by atoms with Crippen molar-refractivity contribution in [3.05, 3.63) is 25.6 Å². The highest BCUT2D eigenvalue weighted by Crippen LogP contribution is 1.87. The van der Waals surface area contributed by atoms with Gasteiger partial charge in [0.1, 0.15) is 0 Å². The van der Waals surface area contributed by atoms with Crippen molar-refractivity contribution in [3.63, 3.8) is 0 Å². The summed E-state index contributed by atoms with van der Waals surface area (Å²) in [6.45, 7) is 10.8. The summed E-state index contributed by atoms with van der Waals surface area (Å²) in [7, 11) is 3.64. The molecule has 0 unspecified atom stereocenters. The Labute approximate surface area is 93.1 Å². The first-order valence-electron chi connectivity index (χ1n) is 4.80. The summed E-state index contributed by atoms with van der Waals surface area (Å²) in [4.78, 5) is 1.69. The predicted octanol–water partition coefficient (Wildman–Crippen LogP) is 2.52. The molecule has 0 amide bonds. The van der Waals surface area contributed by atoms with Crippen LogP contribution >= 0.6 is 0 Å². The van der Waals surface area contributed by atoms with E-state index in [1.54, 1.807) is 28.5 Å². The normalized spacial score (nSPS) is 8.80. The number of nitrogens with zero attached hydrogens (tertiary/aromatic N) is 3. The lowest BCUT2D eigenvalue weighted by Crippen LogP contribution is -2.17. The zero-order valence-corrected chi connectivity index (χ0v) is 10.2. The van der Waals surface area contributed by atoms with Crippen molar-refractivity contribution >= 4 is 12.1 Å². The number of amidine groups is 1. The fourth-order valence-corrected chi connectivity index (χ4v) is 0.589. The van der Waals surface area contributed by atoms with Crippen LogP contribution in [-0.4, -0.2) is 36.1 Å². The zero-order chi connectivity index (χ0) is 12.3. The second kappa shape index (κ2) is 10.5. The van der Waals surface area contributed by atoms with Crippen LogP contribution in [0.1, 0.15) is 20.3 Å². The van der Waals surface area contributed by atoms with Gasteiger partial charge >= 0.3 is 0 Å². The maximum absolute atomic E-state index is 7.20. The average molecular weight is 210 g/mol. The van der Waals surface area contributed by atoms with Gasteiger partial charge in [-0.25, -0.2) is 0 Å². The summed E-state index contributed by atoms with van der Waals surface area (Å²) >= 11 is 0. The van der Waals surface area contributed by atoms with Crippen molar-refractivity contribution in [3.8, 4) is 0 Å². The molecule has 0 spiro atoms. The Hall–Kier alpha value is -1.58. The van der Waals surface area contributed by atoms with E-state index in [-0.39, 0.29) is 0 Å². The van der Waals surface area contributed by atoms with Crippen LogP contribution in [0.15, 0.2) is 30.7 Å². The maximum Gasteiger partial charge on any atom is 0.0992 e. The number of rotatable bonds is 4. The first-order chi connectivity index (χ1) is 7.03. The van der Waals surface area contributed by atoms with Crippen molar-refractivity contribution in [2.24, 2.45) is 5.10 Å². The van der Waals surface area contributed by atoms with Crippen molar-refractivity contribution < 1.29 is 0 Å². The van der Waals surface area contributed by atoms with Gasteiger partial charge < -0.3 is 4.90 Å². The maximum atomic E-state index is 7.20. The van der Waals surface area contributed by atoms with E-state index < -0.39 is 0 Å². The molecular weight excluding hydrogens is 188 g/mol. The van der Waals surface area contributed by atoms with E-state index in [2.05, 4.69) is 18.3 Å². The molecule has 0 heterocycles. The van der Waals surface area contributed by atoms with Gasteiger partial charge in [-0.05, 0) is 13.1 Å². The molecule has 1 N–H and O–H groups in total. The Balaban J connectivity index is 0. The highest BCUT2D eigenvalue weighted by atomic mass is 15.4. The minimum atomic E-state index is 0.597. The first kappa shape index (κ1) is 15.9. The van der Waals surface area contributed by atoms with Crippen LogP contribution in [0, 0.1) is 5.41 Å². The molecule has 0 rings (SSSR count). The van der Waals surface area contributed by atoms with Gasteiger partial charge in [-0.2, -0.15) is 5.10 Å². The summed E-state index contributed by atoms with van der Waals surface area (Å²) in [5.74, 6) is 0.597. The smallest absolute Gasteiger partial charge is 0.0992 e. The molecule has 86 valence electrons. The van der Waals surface area contributed by atoms with Crippen LogP contribution < -0.4 is 0 Å². The lowest BCUT2D eigenvalue weighted by molar-refractivity contribution is 0.494. The van der Waals surface area contributed by atoms with Gasteiger partial charge in [-0.3, -0.25) is 10.4 Å². The summed E-state index contributed by atoms with van der Waals surface area (Å²) in [5, 5.41) is 12.7. The molecule has 0 atom stereocenters. The summed E-state index contributed by atoms with van der Waals surface area (Å²) in [6, 6.07) is 0. The third-order valence-electron chi connectivity index (χ3n) is 1.60. The van der Waals surface area contributed by atoms with Crippen LogP contribution in [0.25, 0.3) is 0 Å². The van der Waals surface area contributed by atoms with E-state index in [4.69, 9.17) is 5.41 Å². The van der Waals surface area contributed by atoms with Crippen molar-refractivity contribution in [1.29, 1.82) is 5.41 Å².